The van der Waals surface area contributed by atoms with Crippen LogP contribution in [0.2, 0.25) is 0 Å². The summed E-state index contributed by atoms with van der Waals surface area (Å²) in [6.07, 6.45) is 0. The molecule has 21 heavy (non-hydrogen) atoms. The molecule has 0 aliphatic heterocycles. The van der Waals surface area contributed by atoms with E-state index in [1.54, 1.807) is 0 Å². The van der Waals surface area contributed by atoms with Gasteiger partial charge in [0.1, 0.15) is 0 Å². The topological polar surface area (TPSA) is 0 Å². The van der Waals surface area contributed by atoms with E-state index >= 15 is 0 Å². The Labute approximate surface area is 138 Å². The molecular weight excluding hydrogens is 339 g/mol. The first-order chi connectivity index (χ1) is 10.2. The van der Waals surface area contributed by atoms with Crippen LogP contribution in [0, 0.1) is 13.8 Å². The Morgan fingerprint density at radius 2 is 1.76 bits per heavy atom. The van der Waals surface area contributed by atoms with Crippen LogP contribution >= 0.6 is 21.6 Å². The van der Waals surface area contributed by atoms with Gasteiger partial charge in [0.2, 0.25) is 0 Å². The van der Waals surface area contributed by atoms with E-state index in [2.05, 4.69) is 79.9 Å². The Balaban J connectivity index is 2.00. The van der Waals surface area contributed by atoms with E-state index in [-0.39, 0.29) is 12.3 Å². The standard InChI is InChI=1S/C7H8S.C7H7.C4H3S.Ni/c1-6-3-2-4-7(8)5-6;1-7-5-3-2-4-6-7;1-2-4-5-3-1;/h2-5,8H,1H3;2-5H,1H3;1-3H;/q;;;-2/p-1. The average Bonchev–Trinajstić information content (AvgIpc) is 3.00. The minimum absolute atomic E-state index is 0.118. The number of aryl methyl sites for hydroxylation is 2. The molecule has 3 aromatic rings. The van der Waals surface area contributed by atoms with Crippen molar-refractivity contribution in [2.75, 3.05) is 0 Å². The minimum atomic E-state index is -0.118. The van der Waals surface area contributed by atoms with E-state index in [0.29, 0.717) is 0 Å². The van der Waals surface area contributed by atoms with Crippen LogP contribution in [-0.4, -0.2) is 0 Å². The van der Waals surface area contributed by atoms with E-state index in [1.165, 1.54) is 24.4 Å². The summed E-state index contributed by atoms with van der Waals surface area (Å²) in [5.74, 6) is 0. The summed E-state index contributed by atoms with van der Waals surface area (Å²) in [5.41, 5.74) is 2.70. The molecule has 2 aromatic carbocycles. The summed E-state index contributed by atoms with van der Waals surface area (Å²) in [6, 6.07) is 22.0. The third kappa shape index (κ3) is 3.60. The van der Waals surface area contributed by atoms with Crippen molar-refractivity contribution in [3.63, 3.8) is 0 Å². The van der Waals surface area contributed by atoms with Crippen LogP contribution in [0.3, 0.4) is 0 Å². The van der Waals surface area contributed by atoms with Gasteiger partial charge in [-0.1, -0.05) is 0 Å². The van der Waals surface area contributed by atoms with Crippen molar-refractivity contribution in [2.45, 2.75) is 18.7 Å². The predicted octanol–water partition coefficient (Wildman–Crippen LogP) is 4.64. The summed E-state index contributed by atoms with van der Waals surface area (Å²) >= 11 is 1.74. The van der Waals surface area contributed by atoms with Crippen LogP contribution in [-0.2, 0) is 12.3 Å². The van der Waals surface area contributed by atoms with Gasteiger partial charge >= 0.3 is 138 Å². The molecule has 0 fully saturated rings. The van der Waals surface area contributed by atoms with Crippen LogP contribution in [0.4, 0.5) is 0 Å². The molecule has 0 aliphatic carbocycles. The summed E-state index contributed by atoms with van der Waals surface area (Å²) in [6.45, 7) is 4.37. The monoisotopic (exact) mass is 355 g/mol. The fourth-order valence-corrected chi connectivity index (χ4v) is 8.21. The zero-order valence-electron chi connectivity index (χ0n) is 12.0. The molecule has 3 heteroatoms. The van der Waals surface area contributed by atoms with Crippen molar-refractivity contribution in [2.24, 2.45) is 0 Å². The first-order valence-corrected chi connectivity index (χ1v) is 10.4. The Kier molecular flexibility index (Phi) is 4.85. The summed E-state index contributed by atoms with van der Waals surface area (Å²) in [7, 11) is 1.98. The molecule has 114 valence electrons. The third-order valence-electron chi connectivity index (χ3n) is 2.94. The molecule has 0 nitrogen and oxygen atoms in total. The van der Waals surface area contributed by atoms with Gasteiger partial charge in [0.05, 0.1) is 0 Å². The normalized spacial score (nSPS) is 11.4. The molecule has 1 heterocycles. The fraction of sp³-hybridized carbons (Fsp3) is 0.111. The first-order valence-electron chi connectivity index (χ1n) is 6.69. The molecule has 0 spiro atoms. The Bertz CT molecular complexity index is 720. The second kappa shape index (κ2) is 6.83. The SMILES string of the molecule is Cc1cccc([S][Ni-3]([c]2cccs2)[c]2ccccc2C)c1. The van der Waals surface area contributed by atoms with Gasteiger partial charge in [-0.2, -0.15) is 0 Å². The van der Waals surface area contributed by atoms with E-state index in [9.17, 15) is 0 Å². The molecular formula is C18H17NiS2-3. The van der Waals surface area contributed by atoms with Gasteiger partial charge < -0.3 is 0 Å². The number of hydrogen-bond donors (Lipinski definition) is 0. The van der Waals surface area contributed by atoms with Crippen molar-refractivity contribution >= 4 is 30.0 Å². The number of rotatable bonds is 4. The second-order valence-electron chi connectivity index (χ2n) is 4.69. The summed E-state index contributed by atoms with van der Waals surface area (Å²) in [5, 5.41) is 2.17. The molecule has 0 bridgehead atoms. The van der Waals surface area contributed by atoms with Gasteiger partial charge in [0.15, 0.2) is 0 Å². The molecule has 0 saturated carbocycles. The molecule has 0 amide bonds. The molecule has 0 aliphatic rings. The van der Waals surface area contributed by atoms with Crippen LogP contribution < -0.4 is 8.38 Å². The zero-order chi connectivity index (χ0) is 14.7. The zero-order valence-corrected chi connectivity index (χ0v) is 14.6. The van der Waals surface area contributed by atoms with Crippen molar-refractivity contribution in [3.05, 3.63) is 77.2 Å². The maximum atomic E-state index is 2.28. The molecule has 0 unspecified atom stereocenters. The molecule has 3 rings (SSSR count). The van der Waals surface area contributed by atoms with Gasteiger partial charge in [0, 0.05) is 0 Å². The van der Waals surface area contributed by atoms with Crippen LogP contribution in [0.15, 0.2) is 70.9 Å². The van der Waals surface area contributed by atoms with E-state index in [0.717, 1.165) is 0 Å². The first kappa shape index (κ1) is 14.9. The summed E-state index contributed by atoms with van der Waals surface area (Å²) < 4.78 is 2.90. The molecule has 0 radical (unpaired) electrons. The predicted molar refractivity (Wildman–Crippen MR) is 91.8 cm³/mol. The summed E-state index contributed by atoms with van der Waals surface area (Å²) in [4.78, 5) is 1.35. The van der Waals surface area contributed by atoms with Crippen molar-refractivity contribution in [1.29, 1.82) is 0 Å². The van der Waals surface area contributed by atoms with Crippen molar-refractivity contribution in [3.8, 4) is 0 Å². The Hall–Kier alpha value is -1.02. The molecule has 0 N–H and O–H groups in total. The molecule has 0 saturated heterocycles. The maximum absolute atomic E-state index is 2.28. The van der Waals surface area contributed by atoms with Crippen molar-refractivity contribution in [1.82, 2.24) is 0 Å². The number of thiophene rings is 1. The Morgan fingerprint density at radius 3 is 2.48 bits per heavy atom. The van der Waals surface area contributed by atoms with Crippen molar-refractivity contribution < 1.29 is 12.3 Å². The molecule has 1 aromatic heterocycles. The fourth-order valence-electron chi connectivity index (χ4n) is 1.91. The average molecular weight is 356 g/mol. The Morgan fingerprint density at radius 1 is 0.905 bits per heavy atom. The van der Waals surface area contributed by atoms with E-state index in [1.807, 2.05) is 21.6 Å². The van der Waals surface area contributed by atoms with Gasteiger partial charge in [-0.15, -0.1) is 0 Å². The third-order valence-corrected chi connectivity index (χ3v) is 9.42. The van der Waals surface area contributed by atoms with Gasteiger partial charge in [-0.25, -0.2) is 0 Å². The molecule has 0 atom stereocenters. The van der Waals surface area contributed by atoms with Gasteiger partial charge in [0.25, 0.3) is 0 Å². The van der Waals surface area contributed by atoms with Crippen LogP contribution in [0.5, 0.6) is 0 Å². The van der Waals surface area contributed by atoms with E-state index in [4.69, 9.17) is 0 Å². The number of hydrogen-bond acceptors (Lipinski definition) is 2. The van der Waals surface area contributed by atoms with Gasteiger partial charge in [-0.3, -0.25) is 0 Å². The van der Waals surface area contributed by atoms with Crippen LogP contribution in [0.25, 0.3) is 0 Å². The number of benzene rings is 2. The van der Waals surface area contributed by atoms with E-state index < -0.39 is 0 Å². The van der Waals surface area contributed by atoms with Crippen LogP contribution in [0.1, 0.15) is 11.1 Å². The van der Waals surface area contributed by atoms with Gasteiger partial charge in [-0.05, 0) is 0 Å². The quantitative estimate of drug-likeness (QED) is 0.614. The second-order valence-corrected chi connectivity index (χ2v) is 9.91.